The Labute approximate surface area is 195 Å². The maximum Gasteiger partial charge on any atom is 0.297 e. The van der Waals surface area contributed by atoms with Gasteiger partial charge >= 0.3 is 0 Å². The summed E-state index contributed by atoms with van der Waals surface area (Å²) < 4.78 is 38.2. The van der Waals surface area contributed by atoms with Gasteiger partial charge in [0.25, 0.3) is 11.7 Å². The van der Waals surface area contributed by atoms with Crippen LogP contribution in [0.2, 0.25) is 10.0 Å². The van der Waals surface area contributed by atoms with Crippen LogP contribution >= 0.6 is 23.2 Å². The summed E-state index contributed by atoms with van der Waals surface area (Å²) in [5, 5.41) is 0.716. The van der Waals surface area contributed by atoms with E-state index in [1.807, 2.05) is 0 Å². The summed E-state index contributed by atoms with van der Waals surface area (Å²) in [6, 6.07) is 17.4. The first-order valence-corrected chi connectivity index (χ1v) is 12.1. The van der Waals surface area contributed by atoms with E-state index in [4.69, 9.17) is 32.7 Å². The van der Waals surface area contributed by atoms with Crippen LogP contribution in [0.5, 0.6) is 0 Å². The van der Waals surface area contributed by atoms with Gasteiger partial charge in [-0.05, 0) is 55.0 Å². The second-order valence-electron chi connectivity index (χ2n) is 7.43. The van der Waals surface area contributed by atoms with E-state index in [2.05, 4.69) is 0 Å². The number of hydrogen-bond donors (Lipinski definition) is 0. The molecule has 9 heteroatoms. The molecule has 2 aliphatic heterocycles. The Balaban J connectivity index is 1.70. The Bertz CT molecular complexity index is 1300. The summed E-state index contributed by atoms with van der Waals surface area (Å²) in [6.07, 6.45) is 0.620. The van der Waals surface area contributed by atoms with Gasteiger partial charge in [-0.2, -0.15) is 0 Å². The molecule has 1 fully saturated rings. The number of nitrogens with zero attached hydrogens (tertiary/aromatic N) is 1. The van der Waals surface area contributed by atoms with Gasteiger partial charge < -0.3 is 9.47 Å². The summed E-state index contributed by atoms with van der Waals surface area (Å²) in [5.41, 5.74) is 1.21. The van der Waals surface area contributed by atoms with Crippen molar-refractivity contribution < 1.29 is 22.7 Å². The predicted molar refractivity (Wildman–Crippen MR) is 120 cm³/mol. The summed E-state index contributed by atoms with van der Waals surface area (Å²) in [4.78, 5) is 15.2. The number of carbonyl (C=O) groups is 1. The van der Waals surface area contributed by atoms with Crippen LogP contribution < -0.4 is 4.90 Å². The van der Waals surface area contributed by atoms with Gasteiger partial charge in [0.15, 0.2) is 0 Å². The molecular weight excluding hydrogens is 473 g/mol. The molecule has 1 saturated heterocycles. The van der Waals surface area contributed by atoms with Gasteiger partial charge in [-0.15, -0.1) is 0 Å². The zero-order chi connectivity index (χ0) is 22.5. The minimum absolute atomic E-state index is 0.0402. The van der Waals surface area contributed by atoms with Crippen molar-refractivity contribution >= 4 is 50.3 Å². The van der Waals surface area contributed by atoms with Crippen LogP contribution in [0, 0.1) is 0 Å². The number of sulfone groups is 1. The number of rotatable bonds is 3. The molecule has 5 rings (SSSR count). The highest BCUT2D eigenvalue weighted by atomic mass is 35.5. The molecule has 1 amide bonds. The highest BCUT2D eigenvalue weighted by molar-refractivity contribution is 7.91. The van der Waals surface area contributed by atoms with Crippen molar-refractivity contribution in [2.24, 2.45) is 0 Å². The first-order valence-electron chi connectivity index (χ1n) is 9.86. The van der Waals surface area contributed by atoms with Crippen LogP contribution in [-0.2, 0) is 29.9 Å². The monoisotopic (exact) mass is 489 g/mol. The highest BCUT2D eigenvalue weighted by Gasteiger charge is 2.55. The fraction of sp³-hybridized carbons (Fsp3) is 0.174. The lowest BCUT2D eigenvalue weighted by Crippen LogP contribution is -2.46. The maximum absolute atomic E-state index is 13.6. The Morgan fingerprint density at radius 1 is 0.844 bits per heavy atom. The SMILES string of the molecule is O=C1N(c2cc(Cl)cc(Cl)c2)c2ccc(S(=O)(=O)c3ccccc3)cc2C12OCCCO2. The predicted octanol–water partition coefficient (Wildman–Crippen LogP) is 5.09. The molecule has 3 aromatic carbocycles. The number of ether oxygens (including phenoxy) is 2. The van der Waals surface area contributed by atoms with Crippen molar-refractivity contribution in [1.82, 2.24) is 0 Å². The number of anilines is 2. The fourth-order valence-corrected chi connectivity index (χ4v) is 5.81. The average Bonchev–Trinajstić information content (AvgIpc) is 3.01. The molecule has 0 bridgehead atoms. The normalized spacial score (nSPS) is 17.6. The van der Waals surface area contributed by atoms with Crippen LogP contribution in [0.1, 0.15) is 12.0 Å². The summed E-state index contributed by atoms with van der Waals surface area (Å²) in [5.74, 6) is -2.22. The number of halogens is 2. The number of carbonyl (C=O) groups excluding carboxylic acids is 1. The smallest absolute Gasteiger partial charge is 0.297 e. The molecule has 0 radical (unpaired) electrons. The Morgan fingerprint density at radius 3 is 2.16 bits per heavy atom. The van der Waals surface area contributed by atoms with E-state index in [1.165, 1.54) is 29.2 Å². The van der Waals surface area contributed by atoms with Gasteiger partial charge in [-0.3, -0.25) is 9.69 Å². The molecular formula is C23H17Cl2NO5S. The Kier molecular flexibility index (Phi) is 5.27. The van der Waals surface area contributed by atoms with E-state index >= 15 is 0 Å². The van der Waals surface area contributed by atoms with Crippen LogP contribution in [0.4, 0.5) is 11.4 Å². The van der Waals surface area contributed by atoms with Crippen molar-refractivity contribution in [3.63, 3.8) is 0 Å². The summed E-state index contributed by atoms with van der Waals surface area (Å²) >= 11 is 12.3. The standard InChI is InChI=1S/C23H17Cl2NO5S/c24-15-11-16(25)13-17(12-15)26-21-8-7-19(32(28,29)18-5-2-1-3-6-18)14-20(21)23(22(26)27)30-9-4-10-31-23/h1-3,5-8,11-14H,4,9-10H2. The van der Waals surface area contributed by atoms with Gasteiger partial charge in [0.05, 0.1) is 34.4 Å². The van der Waals surface area contributed by atoms with Gasteiger partial charge in [-0.25, -0.2) is 8.42 Å². The topological polar surface area (TPSA) is 72.9 Å². The van der Waals surface area contributed by atoms with E-state index in [1.54, 1.807) is 42.5 Å². The van der Waals surface area contributed by atoms with Crippen LogP contribution in [-0.4, -0.2) is 27.5 Å². The van der Waals surface area contributed by atoms with Gasteiger partial charge in [0, 0.05) is 15.6 Å². The quantitative estimate of drug-likeness (QED) is 0.511. The van der Waals surface area contributed by atoms with Crippen molar-refractivity contribution in [3.8, 4) is 0 Å². The number of benzene rings is 3. The molecule has 2 aliphatic rings. The Hall–Kier alpha value is -2.42. The van der Waals surface area contributed by atoms with E-state index in [9.17, 15) is 13.2 Å². The zero-order valence-electron chi connectivity index (χ0n) is 16.6. The molecule has 6 nitrogen and oxygen atoms in total. The number of amides is 1. The van der Waals surface area contributed by atoms with E-state index in [0.29, 0.717) is 46.6 Å². The van der Waals surface area contributed by atoms with Crippen molar-refractivity contribution in [1.29, 1.82) is 0 Å². The largest absolute Gasteiger partial charge is 0.338 e. The second-order valence-corrected chi connectivity index (χ2v) is 10.3. The minimum atomic E-state index is -3.81. The number of hydrogen-bond acceptors (Lipinski definition) is 5. The lowest BCUT2D eigenvalue weighted by molar-refractivity contribution is -0.256. The van der Waals surface area contributed by atoms with Crippen molar-refractivity contribution in [2.45, 2.75) is 22.0 Å². The van der Waals surface area contributed by atoms with E-state index in [0.717, 1.165) is 0 Å². The second kappa shape index (κ2) is 7.86. The highest BCUT2D eigenvalue weighted by Crippen LogP contribution is 2.49. The fourth-order valence-electron chi connectivity index (χ4n) is 3.98. The Morgan fingerprint density at radius 2 is 1.50 bits per heavy atom. The molecule has 32 heavy (non-hydrogen) atoms. The van der Waals surface area contributed by atoms with Gasteiger partial charge in [0.1, 0.15) is 0 Å². The molecule has 1 spiro atoms. The third kappa shape index (κ3) is 3.32. The lowest BCUT2D eigenvalue weighted by atomic mass is 10.1. The first-order chi connectivity index (χ1) is 15.3. The maximum atomic E-state index is 13.6. The van der Waals surface area contributed by atoms with Crippen molar-refractivity contribution in [2.75, 3.05) is 18.1 Å². The molecule has 0 saturated carbocycles. The molecule has 0 unspecified atom stereocenters. The van der Waals surface area contributed by atoms with Gasteiger partial charge in [0.2, 0.25) is 9.84 Å². The van der Waals surface area contributed by atoms with Crippen LogP contribution in [0.15, 0.2) is 76.5 Å². The minimum Gasteiger partial charge on any atom is -0.338 e. The van der Waals surface area contributed by atoms with Crippen LogP contribution in [0.25, 0.3) is 0 Å². The van der Waals surface area contributed by atoms with Crippen molar-refractivity contribution in [3.05, 3.63) is 82.3 Å². The summed E-state index contributed by atoms with van der Waals surface area (Å²) in [7, 11) is -3.81. The molecule has 2 heterocycles. The first kappa shape index (κ1) is 21.4. The summed E-state index contributed by atoms with van der Waals surface area (Å²) in [6.45, 7) is 0.593. The number of fused-ring (bicyclic) bond motifs is 2. The molecule has 164 valence electrons. The van der Waals surface area contributed by atoms with Crippen LogP contribution in [0.3, 0.4) is 0 Å². The average molecular weight is 490 g/mol. The molecule has 0 atom stereocenters. The van der Waals surface area contributed by atoms with E-state index < -0.39 is 21.5 Å². The molecule has 0 aromatic heterocycles. The van der Waals surface area contributed by atoms with Gasteiger partial charge in [-0.1, -0.05) is 41.4 Å². The third-order valence-corrected chi connectivity index (χ3v) is 7.62. The zero-order valence-corrected chi connectivity index (χ0v) is 19.0. The molecule has 3 aromatic rings. The lowest BCUT2D eigenvalue weighted by Gasteiger charge is -2.32. The molecule has 0 N–H and O–H groups in total. The van der Waals surface area contributed by atoms with E-state index in [-0.39, 0.29) is 9.79 Å². The molecule has 0 aliphatic carbocycles. The third-order valence-electron chi connectivity index (χ3n) is 5.42.